The first kappa shape index (κ1) is 94.9. The maximum Gasteiger partial charge on any atom is 0.130 e. The summed E-state index contributed by atoms with van der Waals surface area (Å²) in [5.74, 6) is 7.01. The summed E-state index contributed by atoms with van der Waals surface area (Å²) in [6.45, 7) is 27.5. The van der Waals surface area contributed by atoms with Gasteiger partial charge in [-0.05, 0) is 186 Å². The highest BCUT2D eigenvalue weighted by Gasteiger charge is 2.29. The van der Waals surface area contributed by atoms with Gasteiger partial charge in [0.2, 0.25) is 0 Å². The molecule has 0 aromatic heterocycles. The fraction of sp³-hybridized carbons (Fsp3) is 0.449. The van der Waals surface area contributed by atoms with E-state index < -0.39 is 5.41 Å². The summed E-state index contributed by atoms with van der Waals surface area (Å²) >= 11 is 0. The van der Waals surface area contributed by atoms with Gasteiger partial charge < -0.3 is 91.1 Å². The van der Waals surface area contributed by atoms with Crippen molar-refractivity contribution < 1.29 is 91.1 Å². The summed E-state index contributed by atoms with van der Waals surface area (Å²) in [4.78, 5) is 0. The Morgan fingerprint density at radius 2 is 0.487 bits per heavy atom. The van der Waals surface area contributed by atoms with E-state index in [2.05, 4.69) is 123 Å². The molecule has 117 heavy (non-hydrogen) atoms. The lowest BCUT2D eigenvalue weighted by Gasteiger charge is -2.30. The van der Waals surface area contributed by atoms with Crippen LogP contribution >= 0.6 is 0 Å². The molecule has 19 heteroatoms. The van der Waals surface area contributed by atoms with Crippen molar-refractivity contribution in [1.82, 2.24) is 0 Å². The topological polar surface area (TPSA) is 208 Å². The number of aryl methyl sites for hydroxylation is 2. The number of aromatic hydroxyl groups is 3. The van der Waals surface area contributed by atoms with E-state index in [-0.39, 0.29) is 30.5 Å². The van der Waals surface area contributed by atoms with Crippen molar-refractivity contribution in [1.29, 1.82) is 0 Å². The standard InChI is InChI=1S/C35H48O7.C32H42O7.C31H40O5/c1-9-24(2)25-10-12-32(13-11-25)41-14-15-42-34-28(22-39-7)18-31(19-29(34)23-40-8)35(3,4)30-16-26(20-37-5)33(36)27(17-30)21-38-6;1-7-22(2)23-8-10-30(11-9-23)38-12-13-39-32-28(20-36-5)16-25(17-29(32)21-37-6)24-14-26(18-34-3)31(33)27(15-24)19-35-4;1-7-23(4)24-8-10-29(11-9-24)35-12-13-36-31-26(15-22(3)17-28(31)20-34-6)18-25-14-21(2)16-27(19-33-5)30(25)32/h10-13,16-19,24,36H,9,14-15,20-23H2,1-8H3;8-11,14-17,22,33H,7,12-13,18-21H2,1-6H3;8-11,14-17,23,32H,7,12-13,18-20H2,1-6H3. The molecule has 9 aromatic carbocycles. The number of methoxy groups -OCH3 is 10. The summed E-state index contributed by atoms with van der Waals surface area (Å²) < 4.78 is 91.0. The average Bonchev–Trinajstić information content (AvgIpc) is 0.770. The summed E-state index contributed by atoms with van der Waals surface area (Å²) in [6.07, 6.45) is 3.87. The Morgan fingerprint density at radius 3 is 0.795 bits per heavy atom. The Morgan fingerprint density at radius 1 is 0.274 bits per heavy atom. The third kappa shape index (κ3) is 27.7. The molecule has 3 atom stereocenters. The lowest BCUT2D eigenvalue weighted by atomic mass is 9.76. The van der Waals surface area contributed by atoms with Gasteiger partial charge in [-0.25, -0.2) is 0 Å². The Bertz CT molecular complexity index is 4350. The quantitative estimate of drug-likeness (QED) is 0.0303. The van der Waals surface area contributed by atoms with Crippen LogP contribution in [-0.2, 0) is 125 Å². The molecule has 0 saturated heterocycles. The van der Waals surface area contributed by atoms with E-state index in [4.69, 9.17) is 75.8 Å². The van der Waals surface area contributed by atoms with Crippen LogP contribution in [0.5, 0.6) is 51.7 Å². The molecule has 0 saturated carbocycles. The van der Waals surface area contributed by atoms with Crippen LogP contribution in [0.15, 0.2) is 146 Å². The van der Waals surface area contributed by atoms with Crippen LogP contribution in [0.1, 0.15) is 198 Å². The Balaban J connectivity index is 0.000000243. The molecule has 0 amide bonds. The first-order valence-corrected chi connectivity index (χ1v) is 40.4. The second-order valence-electron chi connectivity index (χ2n) is 30.2. The fourth-order valence-electron chi connectivity index (χ4n) is 14.1. The van der Waals surface area contributed by atoms with Crippen LogP contribution in [0, 0.1) is 13.8 Å². The molecule has 9 rings (SSSR count). The highest BCUT2D eigenvalue weighted by molar-refractivity contribution is 5.71. The van der Waals surface area contributed by atoms with Gasteiger partial charge in [0, 0.05) is 139 Å². The second kappa shape index (κ2) is 49.2. The zero-order valence-electron chi connectivity index (χ0n) is 73.1. The Hall–Kier alpha value is -9.22. The van der Waals surface area contributed by atoms with Gasteiger partial charge in [0.1, 0.15) is 91.4 Å². The normalized spacial score (nSPS) is 12.1. The maximum atomic E-state index is 10.9. The number of hydrogen-bond donors (Lipinski definition) is 3. The van der Waals surface area contributed by atoms with Crippen molar-refractivity contribution in [3.63, 3.8) is 0 Å². The van der Waals surface area contributed by atoms with Crippen molar-refractivity contribution in [2.75, 3.05) is 111 Å². The van der Waals surface area contributed by atoms with Crippen molar-refractivity contribution >= 4 is 0 Å². The van der Waals surface area contributed by atoms with E-state index in [1.807, 2.05) is 91.9 Å². The number of hydrogen-bond acceptors (Lipinski definition) is 19. The predicted molar refractivity (Wildman–Crippen MR) is 463 cm³/mol. The van der Waals surface area contributed by atoms with Crippen LogP contribution in [0.4, 0.5) is 0 Å². The van der Waals surface area contributed by atoms with Crippen LogP contribution in [-0.4, -0.2) is 126 Å². The molecule has 9 aromatic rings. The molecule has 0 aliphatic heterocycles. The van der Waals surface area contributed by atoms with Gasteiger partial charge in [-0.1, -0.05) is 127 Å². The fourth-order valence-corrected chi connectivity index (χ4v) is 14.1. The SMILES string of the molecule is CCC(C)c1ccc(OCCOc2c(COC)cc(-c3cc(COC)c(O)c(COC)c3)cc2COC)cc1.CCC(C)c1ccc(OCCOc2c(COC)cc(C(C)(C)c3cc(COC)c(O)c(COC)c3)cc2COC)cc1.CCC(C)c1ccc(OCCOc2c(COC)cc(C)cc2Cc2cc(C)cc(COC)c2O)cc1. The second-order valence-corrected chi connectivity index (χ2v) is 30.2. The summed E-state index contributed by atoms with van der Waals surface area (Å²) in [5, 5.41) is 32.3. The maximum absolute atomic E-state index is 10.9. The third-order valence-corrected chi connectivity index (χ3v) is 21.0. The third-order valence-electron chi connectivity index (χ3n) is 21.0. The van der Waals surface area contributed by atoms with Crippen LogP contribution in [0.3, 0.4) is 0 Å². The van der Waals surface area contributed by atoms with Gasteiger partial charge in [-0.3, -0.25) is 0 Å². The molecule has 0 bridgehead atoms. The minimum atomic E-state index is -0.424. The largest absolute Gasteiger partial charge is 0.507 e. The van der Waals surface area contributed by atoms with E-state index in [0.29, 0.717) is 128 Å². The highest BCUT2D eigenvalue weighted by Crippen LogP contribution is 2.42. The molecule has 0 aliphatic carbocycles. The number of benzene rings is 9. The van der Waals surface area contributed by atoms with Crippen LogP contribution in [0.2, 0.25) is 0 Å². The van der Waals surface area contributed by atoms with E-state index in [1.54, 1.807) is 71.1 Å². The van der Waals surface area contributed by atoms with E-state index in [0.717, 1.165) is 143 Å². The molecular formula is C98H130O19. The number of phenolic OH excluding ortho intramolecular Hbond substituents is 3. The molecule has 0 heterocycles. The summed E-state index contributed by atoms with van der Waals surface area (Å²) in [7, 11) is 16.4. The molecule has 3 N–H and O–H groups in total. The molecule has 19 nitrogen and oxygen atoms in total. The Kier molecular flexibility index (Phi) is 39.9. The minimum Gasteiger partial charge on any atom is -0.507 e. The van der Waals surface area contributed by atoms with Crippen molar-refractivity contribution in [2.45, 2.75) is 184 Å². The summed E-state index contributed by atoms with van der Waals surface area (Å²) in [6, 6.07) is 49.3. The molecule has 0 aliphatic rings. The minimum absolute atomic E-state index is 0.186. The van der Waals surface area contributed by atoms with Crippen molar-refractivity contribution in [3.8, 4) is 62.9 Å². The van der Waals surface area contributed by atoms with E-state index in [9.17, 15) is 15.3 Å². The molecule has 636 valence electrons. The summed E-state index contributed by atoms with van der Waals surface area (Å²) in [5.41, 5.74) is 19.8. The Labute approximate surface area is 696 Å². The first-order valence-electron chi connectivity index (χ1n) is 40.4. The van der Waals surface area contributed by atoms with Gasteiger partial charge in [0.25, 0.3) is 0 Å². The predicted octanol–water partition coefficient (Wildman–Crippen LogP) is 20.8. The molecular weight excluding hydrogens is 1480 g/mol. The first-order chi connectivity index (χ1) is 56.5. The van der Waals surface area contributed by atoms with Crippen molar-refractivity contribution in [3.05, 3.63) is 251 Å². The monoisotopic (exact) mass is 1610 g/mol. The van der Waals surface area contributed by atoms with Crippen molar-refractivity contribution in [2.24, 2.45) is 0 Å². The average molecular weight is 1610 g/mol. The van der Waals surface area contributed by atoms with Gasteiger partial charge in [-0.2, -0.15) is 0 Å². The van der Waals surface area contributed by atoms with E-state index in [1.165, 1.54) is 16.7 Å². The highest BCUT2D eigenvalue weighted by atomic mass is 16.5. The zero-order valence-corrected chi connectivity index (χ0v) is 73.1. The molecule has 0 radical (unpaired) electrons. The molecule has 0 spiro atoms. The number of ether oxygens (including phenoxy) is 16. The molecule has 0 fully saturated rings. The van der Waals surface area contributed by atoms with Gasteiger partial charge in [0.05, 0.1) is 66.1 Å². The van der Waals surface area contributed by atoms with E-state index >= 15 is 0 Å². The number of phenols is 3. The van der Waals surface area contributed by atoms with Crippen LogP contribution in [0.25, 0.3) is 11.1 Å². The van der Waals surface area contributed by atoms with Gasteiger partial charge in [-0.15, -0.1) is 0 Å². The zero-order chi connectivity index (χ0) is 85.0. The van der Waals surface area contributed by atoms with Gasteiger partial charge >= 0.3 is 0 Å². The van der Waals surface area contributed by atoms with Gasteiger partial charge in [0.15, 0.2) is 0 Å². The van der Waals surface area contributed by atoms with Crippen LogP contribution < -0.4 is 28.4 Å². The smallest absolute Gasteiger partial charge is 0.130 e. The number of rotatable bonds is 46. The lowest BCUT2D eigenvalue weighted by Crippen LogP contribution is -2.21. The lowest BCUT2D eigenvalue weighted by molar-refractivity contribution is 0.163. The molecule has 3 unspecified atom stereocenters.